The predicted octanol–water partition coefficient (Wildman–Crippen LogP) is 3.61. The van der Waals surface area contributed by atoms with Crippen molar-refractivity contribution in [2.75, 3.05) is 0 Å². The Labute approximate surface area is 102 Å². The Balaban J connectivity index is 2.52. The first kappa shape index (κ1) is 11.4. The molecule has 0 spiro atoms. The van der Waals surface area contributed by atoms with Crippen molar-refractivity contribution in [2.45, 2.75) is 30.4 Å². The van der Waals surface area contributed by atoms with Crippen LogP contribution in [0.15, 0.2) is 16.6 Å². The van der Waals surface area contributed by atoms with Crippen LogP contribution in [0.3, 0.4) is 0 Å². The second-order valence-electron chi connectivity index (χ2n) is 3.89. The maximum atomic E-state index is 13.7. The Morgan fingerprint density at radius 2 is 2.27 bits per heavy atom. The lowest BCUT2D eigenvalue weighted by molar-refractivity contribution is 0.562. The van der Waals surface area contributed by atoms with Crippen LogP contribution in [0.5, 0.6) is 0 Å². The molecule has 0 bridgehead atoms. The number of nitrogens with two attached hydrogens (primary N) is 1. The van der Waals surface area contributed by atoms with E-state index in [0.29, 0.717) is 10.8 Å². The Kier molecular flexibility index (Phi) is 3.38. The summed E-state index contributed by atoms with van der Waals surface area (Å²) in [6.45, 7) is 2.14. The monoisotopic (exact) mass is 289 g/mol. The highest BCUT2D eigenvalue weighted by Crippen LogP contribution is 2.38. The van der Waals surface area contributed by atoms with Crippen molar-refractivity contribution in [1.82, 2.24) is 0 Å². The Hall–Kier alpha value is -0.0600. The van der Waals surface area contributed by atoms with Gasteiger partial charge in [-0.3, -0.25) is 0 Å². The van der Waals surface area contributed by atoms with Crippen molar-refractivity contribution in [1.29, 1.82) is 0 Å². The molecule has 0 amide bonds. The Morgan fingerprint density at radius 1 is 1.53 bits per heavy atom. The van der Waals surface area contributed by atoms with Gasteiger partial charge in [0.05, 0.1) is 0 Å². The van der Waals surface area contributed by atoms with Gasteiger partial charge in [0.15, 0.2) is 0 Å². The summed E-state index contributed by atoms with van der Waals surface area (Å²) in [5.41, 5.74) is 7.75. The highest BCUT2D eigenvalue weighted by atomic mass is 79.9. The molecule has 4 heteroatoms. The van der Waals surface area contributed by atoms with Crippen molar-refractivity contribution in [3.63, 3.8) is 0 Å². The number of halogens is 2. The lowest BCUT2D eigenvalue weighted by Gasteiger charge is -2.15. The van der Waals surface area contributed by atoms with Crippen LogP contribution >= 0.6 is 27.7 Å². The number of fused-ring (bicyclic) bond motifs is 1. The van der Waals surface area contributed by atoms with Gasteiger partial charge in [0.25, 0.3) is 0 Å². The van der Waals surface area contributed by atoms with Crippen LogP contribution in [0.25, 0.3) is 0 Å². The van der Waals surface area contributed by atoms with Crippen LogP contribution < -0.4 is 5.73 Å². The summed E-state index contributed by atoms with van der Waals surface area (Å²) < 4.78 is 14.7. The van der Waals surface area contributed by atoms with Gasteiger partial charge in [-0.2, -0.15) is 11.8 Å². The Bertz CT molecular complexity index is 383. The third kappa shape index (κ3) is 2.22. The molecule has 0 saturated heterocycles. The predicted molar refractivity (Wildman–Crippen MR) is 66.4 cm³/mol. The molecular weight excluding hydrogens is 277 g/mol. The summed E-state index contributed by atoms with van der Waals surface area (Å²) in [6, 6.07) is 3.07. The molecule has 0 fully saturated rings. The van der Waals surface area contributed by atoms with Crippen molar-refractivity contribution in [3.8, 4) is 0 Å². The van der Waals surface area contributed by atoms with Gasteiger partial charge < -0.3 is 5.73 Å². The van der Waals surface area contributed by atoms with Crippen LogP contribution in [-0.4, -0.2) is 5.25 Å². The van der Waals surface area contributed by atoms with Gasteiger partial charge in [-0.15, -0.1) is 0 Å². The maximum absolute atomic E-state index is 13.7. The number of hydrogen-bond acceptors (Lipinski definition) is 2. The fourth-order valence-electron chi connectivity index (χ4n) is 1.93. The number of benzene rings is 1. The van der Waals surface area contributed by atoms with Crippen LogP contribution in [0.1, 0.15) is 30.5 Å². The van der Waals surface area contributed by atoms with Gasteiger partial charge >= 0.3 is 0 Å². The molecule has 0 saturated carbocycles. The largest absolute Gasteiger partial charge is 0.324 e. The van der Waals surface area contributed by atoms with Gasteiger partial charge in [-0.05, 0) is 24.1 Å². The molecule has 2 rings (SSSR count). The van der Waals surface area contributed by atoms with E-state index in [2.05, 4.69) is 22.9 Å². The fraction of sp³-hybridized carbons (Fsp3) is 0.455. The second-order valence-corrected chi connectivity index (χ2v) is 6.17. The first-order valence-electron chi connectivity index (χ1n) is 4.93. The average Bonchev–Trinajstić information content (AvgIpc) is 2.32. The van der Waals surface area contributed by atoms with Crippen molar-refractivity contribution in [2.24, 2.45) is 5.73 Å². The molecule has 1 aliphatic heterocycles. The summed E-state index contributed by atoms with van der Waals surface area (Å²) in [7, 11) is 0. The number of hydrogen-bond donors (Lipinski definition) is 1. The van der Waals surface area contributed by atoms with Crippen LogP contribution in [0.4, 0.5) is 4.39 Å². The van der Waals surface area contributed by atoms with Crippen LogP contribution in [0, 0.1) is 5.82 Å². The van der Waals surface area contributed by atoms with E-state index in [4.69, 9.17) is 5.73 Å². The zero-order chi connectivity index (χ0) is 11.0. The minimum Gasteiger partial charge on any atom is -0.324 e. The standard InChI is InChI=1S/C11H13BrFNS/c1-6-4-10(14)11-7(5-15-6)8(12)2-3-9(11)13/h2-3,6,10H,4-5,14H2,1H3. The van der Waals surface area contributed by atoms with E-state index in [-0.39, 0.29) is 11.9 Å². The molecule has 1 nitrogen and oxygen atoms in total. The quantitative estimate of drug-likeness (QED) is 0.790. The van der Waals surface area contributed by atoms with Crippen molar-refractivity contribution < 1.29 is 4.39 Å². The number of rotatable bonds is 0. The van der Waals surface area contributed by atoms with Gasteiger partial charge in [0, 0.05) is 27.1 Å². The van der Waals surface area contributed by atoms with Gasteiger partial charge in [-0.1, -0.05) is 22.9 Å². The fourth-order valence-corrected chi connectivity index (χ4v) is 3.70. The topological polar surface area (TPSA) is 26.0 Å². The summed E-state index contributed by atoms with van der Waals surface area (Å²) in [4.78, 5) is 0. The van der Waals surface area contributed by atoms with Gasteiger partial charge in [0.2, 0.25) is 0 Å². The molecule has 2 unspecified atom stereocenters. The molecule has 0 radical (unpaired) electrons. The molecule has 1 aromatic rings. The molecule has 82 valence electrons. The van der Waals surface area contributed by atoms with E-state index in [1.54, 1.807) is 6.07 Å². The van der Waals surface area contributed by atoms with E-state index < -0.39 is 0 Å². The smallest absolute Gasteiger partial charge is 0.128 e. The normalized spacial score (nSPS) is 25.9. The van der Waals surface area contributed by atoms with E-state index in [1.807, 2.05) is 11.8 Å². The van der Waals surface area contributed by atoms with Gasteiger partial charge in [-0.25, -0.2) is 4.39 Å². The molecule has 1 aromatic carbocycles. The highest BCUT2D eigenvalue weighted by molar-refractivity contribution is 9.10. The third-order valence-corrected chi connectivity index (χ3v) is 4.68. The van der Waals surface area contributed by atoms with Crippen molar-refractivity contribution >= 4 is 27.7 Å². The molecule has 2 atom stereocenters. The minimum atomic E-state index is -0.178. The summed E-state index contributed by atoms with van der Waals surface area (Å²) in [5.74, 6) is 0.665. The van der Waals surface area contributed by atoms with Crippen LogP contribution in [0.2, 0.25) is 0 Å². The Morgan fingerprint density at radius 3 is 3.00 bits per heavy atom. The highest BCUT2D eigenvalue weighted by Gasteiger charge is 2.24. The first-order chi connectivity index (χ1) is 7.09. The molecule has 1 aliphatic rings. The molecule has 15 heavy (non-hydrogen) atoms. The SMILES string of the molecule is CC1CC(N)c2c(F)ccc(Br)c2CS1. The lowest BCUT2D eigenvalue weighted by atomic mass is 9.98. The van der Waals surface area contributed by atoms with E-state index in [1.165, 1.54) is 6.07 Å². The zero-order valence-electron chi connectivity index (χ0n) is 8.47. The molecule has 0 aliphatic carbocycles. The summed E-state index contributed by atoms with van der Waals surface area (Å²) in [6.07, 6.45) is 0.838. The average molecular weight is 290 g/mol. The second kappa shape index (κ2) is 4.44. The maximum Gasteiger partial charge on any atom is 0.128 e. The minimum absolute atomic E-state index is 0.171. The van der Waals surface area contributed by atoms with Gasteiger partial charge in [0.1, 0.15) is 5.82 Å². The summed E-state index contributed by atoms with van der Waals surface area (Å²) in [5, 5.41) is 0.485. The molecular formula is C11H13BrFNS. The zero-order valence-corrected chi connectivity index (χ0v) is 10.9. The van der Waals surface area contributed by atoms with Crippen molar-refractivity contribution in [3.05, 3.63) is 33.5 Å². The summed E-state index contributed by atoms with van der Waals surface area (Å²) >= 11 is 5.29. The first-order valence-corrected chi connectivity index (χ1v) is 6.77. The van der Waals surface area contributed by atoms with E-state index >= 15 is 0 Å². The lowest BCUT2D eigenvalue weighted by Crippen LogP contribution is -2.16. The van der Waals surface area contributed by atoms with E-state index in [9.17, 15) is 4.39 Å². The molecule has 0 aromatic heterocycles. The van der Waals surface area contributed by atoms with E-state index in [0.717, 1.165) is 22.2 Å². The third-order valence-electron chi connectivity index (χ3n) is 2.72. The van der Waals surface area contributed by atoms with Crippen LogP contribution in [-0.2, 0) is 5.75 Å². The number of thioether (sulfide) groups is 1. The molecule has 2 N–H and O–H groups in total. The molecule has 1 heterocycles.